The second kappa shape index (κ2) is 9.15. The van der Waals surface area contributed by atoms with Gasteiger partial charge in [0.05, 0.1) is 19.8 Å². The molecular weight excluding hydrogens is 340 g/mol. The van der Waals surface area contributed by atoms with Gasteiger partial charge in [-0.1, -0.05) is 38.1 Å². The lowest BCUT2D eigenvalue weighted by molar-refractivity contribution is -0.123. The van der Waals surface area contributed by atoms with Gasteiger partial charge in [0, 0.05) is 45.3 Å². The maximum atomic E-state index is 12.5. The van der Waals surface area contributed by atoms with Gasteiger partial charge in [-0.15, -0.1) is 0 Å². The Bertz CT molecular complexity index is 628. The second-order valence-electron chi connectivity index (χ2n) is 8.53. The average molecular weight is 375 g/mol. The average Bonchev–Trinajstić information content (AvgIpc) is 2.65. The number of benzene rings is 1. The molecule has 0 spiro atoms. The van der Waals surface area contributed by atoms with E-state index in [9.17, 15) is 4.79 Å². The number of nitrogens with one attached hydrogen (secondary N) is 1. The van der Waals surface area contributed by atoms with Crippen molar-refractivity contribution in [1.29, 1.82) is 0 Å². The van der Waals surface area contributed by atoms with Crippen molar-refractivity contribution in [3.05, 3.63) is 35.4 Å². The van der Waals surface area contributed by atoms with Crippen molar-refractivity contribution < 1.29 is 9.53 Å². The zero-order valence-electron chi connectivity index (χ0n) is 16.7. The van der Waals surface area contributed by atoms with Crippen molar-refractivity contribution in [1.82, 2.24) is 15.1 Å². The van der Waals surface area contributed by atoms with Crippen molar-refractivity contribution in [3.8, 4) is 0 Å². The van der Waals surface area contributed by atoms with Gasteiger partial charge in [-0.2, -0.15) is 0 Å². The zero-order valence-corrected chi connectivity index (χ0v) is 16.7. The second-order valence-corrected chi connectivity index (χ2v) is 8.53. The van der Waals surface area contributed by atoms with E-state index in [0.717, 1.165) is 52.4 Å². The molecule has 2 aliphatic heterocycles. The molecule has 6 nitrogen and oxygen atoms in total. The van der Waals surface area contributed by atoms with Crippen LogP contribution >= 0.6 is 0 Å². The van der Waals surface area contributed by atoms with Crippen LogP contribution < -0.4 is 11.1 Å². The predicted molar refractivity (Wildman–Crippen MR) is 107 cm³/mol. The Morgan fingerprint density at radius 3 is 2.59 bits per heavy atom. The standard InChI is InChI=1S/C21H34N4O2/c1-21(2)16-25(8-7-19(21)22)15-20(26)23-13-17-5-3-4-6-18(17)14-24-9-11-27-12-10-24/h3-6,19H,7-16,22H2,1-2H3,(H,23,26). The van der Waals surface area contributed by atoms with Crippen LogP contribution in [0.3, 0.4) is 0 Å². The molecule has 0 bridgehead atoms. The van der Waals surface area contributed by atoms with Crippen LogP contribution in [0.2, 0.25) is 0 Å². The molecule has 0 saturated carbocycles. The van der Waals surface area contributed by atoms with Crippen molar-refractivity contribution >= 4 is 5.91 Å². The van der Waals surface area contributed by atoms with E-state index >= 15 is 0 Å². The molecule has 0 aliphatic carbocycles. The van der Waals surface area contributed by atoms with Gasteiger partial charge in [-0.05, 0) is 23.0 Å². The van der Waals surface area contributed by atoms with E-state index < -0.39 is 0 Å². The maximum absolute atomic E-state index is 12.5. The van der Waals surface area contributed by atoms with Gasteiger partial charge >= 0.3 is 0 Å². The van der Waals surface area contributed by atoms with Crippen LogP contribution in [-0.4, -0.2) is 67.7 Å². The summed E-state index contributed by atoms with van der Waals surface area (Å²) in [6.07, 6.45) is 0.947. The Balaban J connectivity index is 1.50. The van der Waals surface area contributed by atoms with Crippen LogP contribution in [0.5, 0.6) is 0 Å². The van der Waals surface area contributed by atoms with E-state index in [2.05, 4.69) is 47.2 Å². The quantitative estimate of drug-likeness (QED) is 0.783. The molecule has 0 radical (unpaired) electrons. The Morgan fingerprint density at radius 2 is 1.89 bits per heavy atom. The van der Waals surface area contributed by atoms with Crippen LogP contribution in [0.15, 0.2) is 24.3 Å². The number of carbonyl (C=O) groups excluding carboxylic acids is 1. The number of nitrogens with two attached hydrogens (primary N) is 1. The first-order valence-electron chi connectivity index (χ1n) is 10.1. The monoisotopic (exact) mass is 374 g/mol. The zero-order chi connectivity index (χ0) is 19.3. The number of carbonyl (C=O) groups is 1. The molecule has 2 heterocycles. The van der Waals surface area contributed by atoms with E-state index in [1.54, 1.807) is 0 Å². The van der Waals surface area contributed by atoms with Crippen LogP contribution in [0.4, 0.5) is 0 Å². The Kier molecular flexibility index (Phi) is 6.87. The van der Waals surface area contributed by atoms with Crippen LogP contribution in [-0.2, 0) is 22.6 Å². The molecule has 0 aromatic heterocycles. The third-order valence-corrected chi connectivity index (χ3v) is 5.85. The van der Waals surface area contributed by atoms with E-state index in [4.69, 9.17) is 10.5 Å². The Hall–Kier alpha value is -1.47. The largest absolute Gasteiger partial charge is 0.379 e. The summed E-state index contributed by atoms with van der Waals surface area (Å²) in [7, 11) is 0. The van der Waals surface area contributed by atoms with Crippen LogP contribution in [0.1, 0.15) is 31.4 Å². The minimum atomic E-state index is 0.0588. The number of hydrogen-bond acceptors (Lipinski definition) is 5. The minimum absolute atomic E-state index is 0.0588. The van der Waals surface area contributed by atoms with Gasteiger partial charge in [0.15, 0.2) is 0 Å². The number of likely N-dealkylation sites (tertiary alicyclic amines) is 1. The van der Waals surface area contributed by atoms with Gasteiger partial charge in [0.1, 0.15) is 0 Å². The third kappa shape index (κ3) is 5.75. The summed E-state index contributed by atoms with van der Waals surface area (Å²) in [6.45, 7) is 11.6. The molecule has 6 heteroatoms. The highest BCUT2D eigenvalue weighted by Crippen LogP contribution is 2.27. The maximum Gasteiger partial charge on any atom is 0.234 e. The summed E-state index contributed by atoms with van der Waals surface area (Å²) in [5.74, 6) is 0.0856. The number of hydrogen-bond donors (Lipinski definition) is 2. The number of ether oxygens (including phenoxy) is 1. The summed E-state index contributed by atoms with van der Waals surface area (Å²) in [5, 5.41) is 3.11. The molecule has 1 aromatic carbocycles. The summed E-state index contributed by atoms with van der Waals surface area (Å²) in [6, 6.07) is 8.59. The highest BCUT2D eigenvalue weighted by molar-refractivity contribution is 5.78. The summed E-state index contributed by atoms with van der Waals surface area (Å²) >= 11 is 0. The first-order chi connectivity index (χ1) is 12.9. The molecule has 3 N–H and O–H groups in total. The molecule has 1 atom stereocenters. The number of rotatable bonds is 6. The number of nitrogens with zero attached hydrogens (tertiary/aromatic N) is 2. The SMILES string of the molecule is CC1(C)CN(CC(=O)NCc2ccccc2CN2CCOCC2)CCC1N. The molecule has 2 aliphatic rings. The van der Waals surface area contributed by atoms with Gasteiger partial charge in [-0.25, -0.2) is 0 Å². The number of piperidine rings is 1. The van der Waals surface area contributed by atoms with Gasteiger partial charge in [0.2, 0.25) is 5.91 Å². The predicted octanol–water partition coefficient (Wildman–Crippen LogP) is 1.19. The first kappa shape index (κ1) is 20.3. The van der Waals surface area contributed by atoms with Crippen molar-refractivity contribution in [3.63, 3.8) is 0 Å². The lowest BCUT2D eigenvalue weighted by Crippen LogP contribution is -2.54. The fraction of sp³-hybridized carbons (Fsp3) is 0.667. The summed E-state index contributed by atoms with van der Waals surface area (Å²) < 4.78 is 5.43. The van der Waals surface area contributed by atoms with Gasteiger partial charge in [-0.3, -0.25) is 14.6 Å². The number of morpholine rings is 1. The lowest BCUT2D eigenvalue weighted by atomic mass is 9.80. The van der Waals surface area contributed by atoms with E-state index in [1.165, 1.54) is 11.1 Å². The fourth-order valence-corrected chi connectivity index (χ4v) is 3.96. The highest BCUT2D eigenvalue weighted by Gasteiger charge is 2.33. The summed E-state index contributed by atoms with van der Waals surface area (Å²) in [5.41, 5.74) is 8.73. The molecule has 1 amide bonds. The van der Waals surface area contributed by atoms with Crippen LogP contribution in [0, 0.1) is 5.41 Å². The van der Waals surface area contributed by atoms with Crippen molar-refractivity contribution in [2.75, 3.05) is 45.9 Å². The summed E-state index contributed by atoms with van der Waals surface area (Å²) in [4.78, 5) is 17.1. The lowest BCUT2D eigenvalue weighted by Gasteiger charge is -2.42. The van der Waals surface area contributed by atoms with Gasteiger partial charge < -0.3 is 15.8 Å². The highest BCUT2D eigenvalue weighted by atomic mass is 16.5. The van der Waals surface area contributed by atoms with Crippen LogP contribution in [0.25, 0.3) is 0 Å². The molecule has 2 fully saturated rings. The fourth-order valence-electron chi connectivity index (χ4n) is 3.96. The molecule has 1 unspecified atom stereocenters. The van der Waals surface area contributed by atoms with Gasteiger partial charge in [0.25, 0.3) is 0 Å². The molecule has 2 saturated heterocycles. The molecule has 1 aromatic rings. The first-order valence-corrected chi connectivity index (χ1v) is 10.1. The van der Waals surface area contributed by atoms with E-state index in [1.807, 2.05) is 6.07 Å². The smallest absolute Gasteiger partial charge is 0.234 e. The Labute approximate surface area is 163 Å². The number of amides is 1. The molecule has 150 valence electrons. The molecule has 3 rings (SSSR count). The molecular formula is C21H34N4O2. The molecule has 27 heavy (non-hydrogen) atoms. The normalized spacial score (nSPS) is 23.9. The topological polar surface area (TPSA) is 70.8 Å². The van der Waals surface area contributed by atoms with Crippen molar-refractivity contribution in [2.45, 2.75) is 39.4 Å². The van der Waals surface area contributed by atoms with Crippen molar-refractivity contribution in [2.24, 2.45) is 11.1 Å². The third-order valence-electron chi connectivity index (χ3n) is 5.85. The van der Waals surface area contributed by atoms with E-state index in [0.29, 0.717) is 13.1 Å². The Morgan fingerprint density at radius 1 is 1.19 bits per heavy atom. The minimum Gasteiger partial charge on any atom is -0.379 e. The van der Waals surface area contributed by atoms with E-state index in [-0.39, 0.29) is 17.4 Å².